The van der Waals surface area contributed by atoms with E-state index in [4.69, 9.17) is 0 Å². The fraction of sp³-hybridized carbons (Fsp3) is 0.600. The molecule has 3 unspecified atom stereocenters. The van der Waals surface area contributed by atoms with Crippen LogP contribution in [-0.2, 0) is 0 Å². The molecule has 0 fully saturated rings. The summed E-state index contributed by atoms with van der Waals surface area (Å²) in [7, 11) is 2.72. The average molecular weight is 410 g/mol. The van der Waals surface area contributed by atoms with Crippen LogP contribution >= 0.6 is 9.24 Å². The van der Waals surface area contributed by atoms with Crippen LogP contribution in [0, 0.1) is 18.7 Å². The number of rotatable bonds is 9. The van der Waals surface area contributed by atoms with Gasteiger partial charge in [0.1, 0.15) is 5.82 Å². The van der Waals surface area contributed by atoms with Gasteiger partial charge in [0.05, 0.1) is 6.04 Å². The largest absolute Gasteiger partial charge is 0.293 e. The van der Waals surface area contributed by atoms with Crippen LogP contribution in [0.1, 0.15) is 85.4 Å². The summed E-state index contributed by atoms with van der Waals surface area (Å²) in [5.41, 5.74) is 3.30. The predicted molar refractivity (Wildman–Crippen MR) is 131 cm³/mol. The first-order chi connectivity index (χ1) is 13.3. The number of hydrogen-bond donors (Lipinski definition) is 0. The number of nitrogens with zero attached hydrogens (tertiary/aromatic N) is 1. The van der Waals surface area contributed by atoms with Crippen molar-refractivity contribution >= 4 is 9.24 Å². The second-order valence-corrected chi connectivity index (χ2v) is 7.25. The lowest BCUT2D eigenvalue weighted by atomic mass is 9.90. The van der Waals surface area contributed by atoms with Crippen LogP contribution in [0.4, 0.5) is 4.39 Å². The zero-order valence-corrected chi connectivity index (χ0v) is 21.1. The van der Waals surface area contributed by atoms with Crippen molar-refractivity contribution < 1.29 is 4.39 Å². The van der Waals surface area contributed by atoms with E-state index in [1.54, 1.807) is 6.07 Å². The van der Waals surface area contributed by atoms with Crippen LogP contribution in [-0.4, -0.2) is 18.0 Å². The lowest BCUT2D eigenvalue weighted by molar-refractivity contribution is 0.241. The van der Waals surface area contributed by atoms with E-state index >= 15 is 0 Å². The summed E-state index contributed by atoms with van der Waals surface area (Å²) in [4.78, 5) is 2.45. The van der Waals surface area contributed by atoms with Gasteiger partial charge >= 0.3 is 0 Å². The smallest absolute Gasteiger partial charge is 0.126 e. The maximum atomic E-state index is 13.7. The molecule has 1 aromatic carbocycles. The monoisotopic (exact) mass is 409 g/mol. The van der Waals surface area contributed by atoms with Gasteiger partial charge in [0.2, 0.25) is 0 Å². The minimum atomic E-state index is -0.132. The predicted octanol–water partition coefficient (Wildman–Crippen LogP) is 8.32. The molecule has 1 nitrogen and oxygen atoms in total. The van der Waals surface area contributed by atoms with Gasteiger partial charge in [-0.1, -0.05) is 84.1 Å². The quantitative estimate of drug-likeness (QED) is 0.293. The first kappa shape index (κ1) is 29.2. The summed E-state index contributed by atoms with van der Waals surface area (Å²) < 4.78 is 13.7. The van der Waals surface area contributed by atoms with Crippen molar-refractivity contribution in [3.63, 3.8) is 0 Å². The number of hydrogen-bond acceptors (Lipinski definition) is 1. The Labute approximate surface area is 177 Å². The highest BCUT2D eigenvalue weighted by molar-refractivity contribution is 7.22. The molecule has 0 bridgehead atoms. The summed E-state index contributed by atoms with van der Waals surface area (Å²) in [5.74, 6) is 0.351. The molecule has 0 saturated carbocycles. The van der Waals surface area contributed by atoms with Gasteiger partial charge in [0, 0.05) is 0 Å². The van der Waals surface area contributed by atoms with E-state index in [9.17, 15) is 4.39 Å². The fourth-order valence-corrected chi connectivity index (χ4v) is 3.26. The highest BCUT2D eigenvalue weighted by Gasteiger charge is 2.23. The SMILES string of the molecule is C=C(P)C(C)CC/C(=C\C)C(c1ccc(F)c(C)c1)N(CC)CC.CC.CC. The molecule has 28 heavy (non-hydrogen) atoms. The third kappa shape index (κ3) is 9.48. The van der Waals surface area contributed by atoms with Crippen molar-refractivity contribution in [1.82, 2.24) is 4.90 Å². The molecule has 1 rings (SSSR count). The van der Waals surface area contributed by atoms with E-state index in [1.165, 1.54) is 11.1 Å². The van der Waals surface area contributed by atoms with Crippen molar-refractivity contribution in [1.29, 1.82) is 0 Å². The molecule has 0 amide bonds. The van der Waals surface area contributed by atoms with Gasteiger partial charge in [-0.2, -0.15) is 0 Å². The lowest BCUT2D eigenvalue weighted by Gasteiger charge is -2.33. The van der Waals surface area contributed by atoms with Crippen LogP contribution in [0.15, 0.2) is 41.7 Å². The Morgan fingerprint density at radius 2 is 1.71 bits per heavy atom. The lowest BCUT2D eigenvalue weighted by Crippen LogP contribution is -2.30. The third-order valence-electron chi connectivity index (χ3n) is 4.90. The molecule has 0 spiro atoms. The Hall–Kier alpha value is -0.980. The van der Waals surface area contributed by atoms with Crippen LogP contribution in [0.3, 0.4) is 0 Å². The zero-order chi connectivity index (χ0) is 22.3. The summed E-state index contributed by atoms with van der Waals surface area (Å²) in [6.45, 7) is 24.5. The first-order valence-electron chi connectivity index (χ1n) is 10.9. The number of allylic oxidation sites excluding steroid dienone is 2. The van der Waals surface area contributed by atoms with Crippen LogP contribution in [0.2, 0.25) is 0 Å². The fourth-order valence-electron chi connectivity index (χ4n) is 3.09. The van der Waals surface area contributed by atoms with Crippen LogP contribution < -0.4 is 0 Å². The molecule has 0 saturated heterocycles. The molecule has 0 heterocycles. The van der Waals surface area contributed by atoms with Crippen molar-refractivity contribution in [3.05, 3.63) is 58.7 Å². The van der Waals surface area contributed by atoms with E-state index in [2.05, 4.69) is 54.5 Å². The number of likely N-dealkylation sites (N-methyl/N-ethyl adjacent to an activating group) is 1. The molecular weight excluding hydrogens is 364 g/mol. The Kier molecular flexibility index (Phi) is 17.7. The van der Waals surface area contributed by atoms with Crippen LogP contribution in [0.25, 0.3) is 0 Å². The van der Waals surface area contributed by atoms with E-state index in [1.807, 2.05) is 46.8 Å². The molecule has 0 aliphatic rings. The van der Waals surface area contributed by atoms with E-state index < -0.39 is 0 Å². The van der Waals surface area contributed by atoms with Gasteiger partial charge in [-0.05, 0) is 62.9 Å². The molecule has 0 N–H and O–H groups in total. The minimum Gasteiger partial charge on any atom is -0.293 e. The van der Waals surface area contributed by atoms with Gasteiger partial charge in [-0.3, -0.25) is 4.90 Å². The maximum absolute atomic E-state index is 13.7. The highest BCUT2D eigenvalue weighted by atomic mass is 31.0. The summed E-state index contributed by atoms with van der Waals surface area (Å²) in [6, 6.07) is 5.75. The van der Waals surface area contributed by atoms with Crippen molar-refractivity contribution in [2.24, 2.45) is 5.92 Å². The second kappa shape index (κ2) is 16.9. The molecule has 0 aromatic heterocycles. The van der Waals surface area contributed by atoms with Crippen molar-refractivity contribution in [2.75, 3.05) is 13.1 Å². The molecule has 162 valence electrons. The van der Waals surface area contributed by atoms with Gasteiger partial charge in [0.25, 0.3) is 0 Å². The van der Waals surface area contributed by atoms with Crippen molar-refractivity contribution in [3.8, 4) is 0 Å². The summed E-state index contributed by atoms with van der Waals surface area (Å²) in [5, 5.41) is 1.16. The molecule has 3 atom stereocenters. The normalized spacial score (nSPS) is 13.1. The van der Waals surface area contributed by atoms with Crippen LogP contribution in [0.5, 0.6) is 0 Å². The van der Waals surface area contributed by atoms with Crippen molar-refractivity contribution in [2.45, 2.75) is 81.2 Å². The molecule has 0 radical (unpaired) electrons. The zero-order valence-electron chi connectivity index (χ0n) is 19.9. The number of halogens is 1. The Balaban J connectivity index is 0. The Morgan fingerprint density at radius 3 is 2.11 bits per heavy atom. The molecule has 1 aromatic rings. The topological polar surface area (TPSA) is 3.24 Å². The van der Waals surface area contributed by atoms with E-state index in [0.717, 1.165) is 31.2 Å². The third-order valence-corrected chi connectivity index (χ3v) is 5.47. The summed E-state index contributed by atoms with van der Waals surface area (Å²) >= 11 is 0. The highest BCUT2D eigenvalue weighted by Crippen LogP contribution is 2.34. The van der Waals surface area contributed by atoms with Gasteiger partial charge in [0.15, 0.2) is 0 Å². The van der Waals surface area contributed by atoms with Gasteiger partial charge in [-0.25, -0.2) is 4.39 Å². The second-order valence-electron chi connectivity index (χ2n) is 6.51. The van der Waals surface area contributed by atoms with E-state index in [0.29, 0.717) is 11.5 Å². The maximum Gasteiger partial charge on any atom is 0.126 e. The average Bonchev–Trinajstić information content (AvgIpc) is 2.72. The van der Waals surface area contributed by atoms with Gasteiger partial charge < -0.3 is 0 Å². The van der Waals surface area contributed by atoms with Gasteiger partial charge in [-0.15, -0.1) is 9.24 Å². The molecule has 0 aliphatic carbocycles. The van der Waals surface area contributed by atoms with E-state index in [-0.39, 0.29) is 11.9 Å². The Morgan fingerprint density at radius 1 is 1.18 bits per heavy atom. The standard InChI is InChI=1S/C21H33FNP.2C2H6/c1-7-18(11-10-15(4)17(6)24)21(23(8-2)9-3)19-12-13-20(22)16(5)14-19;2*1-2/h7,12-15,21H,6,8-11,24H2,1-5H3;2*1-2H3/b18-7+;;. The molecular formula is C25H45FNP. The minimum absolute atomic E-state index is 0.132. The molecule has 3 heteroatoms. The number of benzene rings is 1. The molecule has 0 aliphatic heterocycles. The first-order valence-corrected chi connectivity index (χ1v) is 11.5. The summed E-state index contributed by atoms with van der Waals surface area (Å²) in [6.07, 6.45) is 4.35. The Bertz CT molecular complexity index is 576. The number of aryl methyl sites for hydroxylation is 1.